The van der Waals surface area contributed by atoms with Gasteiger partial charge in [0.05, 0.1) is 18.5 Å². The molecule has 3 aromatic rings. The second kappa shape index (κ2) is 8.06. The van der Waals surface area contributed by atoms with Gasteiger partial charge in [-0.25, -0.2) is 14.2 Å². The van der Waals surface area contributed by atoms with E-state index in [0.717, 1.165) is 0 Å². The Morgan fingerprint density at radius 2 is 1.96 bits per heavy atom. The van der Waals surface area contributed by atoms with Gasteiger partial charge in [0.15, 0.2) is 6.61 Å². The van der Waals surface area contributed by atoms with Crippen molar-refractivity contribution >= 4 is 5.97 Å². The monoisotopic (exact) mass is 363 g/mol. The van der Waals surface area contributed by atoms with Crippen LogP contribution in [0.1, 0.15) is 5.56 Å². The molecule has 0 aliphatic heterocycles. The standard InChI is InChI=1S/C20H14FN3O3/c1-26-19(25)12-27-20-16(11-22)15(13-5-7-14(21)8-6-13)10-18(24-20)17-4-2-3-9-23-17/h2-10H,12H2,1H3. The molecule has 134 valence electrons. The van der Waals surface area contributed by atoms with E-state index in [4.69, 9.17) is 4.74 Å². The van der Waals surface area contributed by atoms with Gasteiger partial charge < -0.3 is 9.47 Å². The average Bonchev–Trinajstić information content (AvgIpc) is 2.72. The van der Waals surface area contributed by atoms with E-state index in [2.05, 4.69) is 14.7 Å². The van der Waals surface area contributed by atoms with Crippen LogP contribution in [0.25, 0.3) is 22.5 Å². The molecule has 0 spiro atoms. The molecule has 0 atom stereocenters. The highest BCUT2D eigenvalue weighted by molar-refractivity contribution is 5.77. The number of pyridine rings is 2. The van der Waals surface area contributed by atoms with Crippen molar-refractivity contribution in [3.63, 3.8) is 0 Å². The molecule has 1 aromatic carbocycles. The zero-order valence-electron chi connectivity index (χ0n) is 14.3. The van der Waals surface area contributed by atoms with Gasteiger partial charge in [0.1, 0.15) is 17.4 Å². The molecule has 6 nitrogen and oxygen atoms in total. The summed E-state index contributed by atoms with van der Waals surface area (Å²) >= 11 is 0. The summed E-state index contributed by atoms with van der Waals surface area (Å²) in [6.07, 6.45) is 1.61. The maximum absolute atomic E-state index is 13.3. The van der Waals surface area contributed by atoms with E-state index in [1.54, 1.807) is 42.6 Å². The summed E-state index contributed by atoms with van der Waals surface area (Å²) in [5, 5.41) is 9.62. The molecule has 2 heterocycles. The smallest absolute Gasteiger partial charge is 0.343 e. The first-order valence-electron chi connectivity index (χ1n) is 7.94. The average molecular weight is 363 g/mol. The molecule has 0 N–H and O–H groups in total. The number of benzene rings is 1. The molecule has 2 aromatic heterocycles. The maximum Gasteiger partial charge on any atom is 0.343 e. The number of esters is 1. The van der Waals surface area contributed by atoms with Crippen molar-refractivity contribution in [2.24, 2.45) is 0 Å². The summed E-state index contributed by atoms with van der Waals surface area (Å²) in [6, 6.07) is 14.8. The number of ether oxygens (including phenoxy) is 2. The summed E-state index contributed by atoms with van der Waals surface area (Å²) in [5.41, 5.74) is 2.25. The first kappa shape index (κ1) is 18.0. The largest absolute Gasteiger partial charge is 0.466 e. The lowest BCUT2D eigenvalue weighted by molar-refractivity contribution is -0.143. The summed E-state index contributed by atoms with van der Waals surface area (Å²) < 4.78 is 23.3. The Labute approximate surface area is 154 Å². The van der Waals surface area contributed by atoms with Crippen molar-refractivity contribution in [2.75, 3.05) is 13.7 Å². The summed E-state index contributed by atoms with van der Waals surface area (Å²) in [7, 11) is 1.23. The van der Waals surface area contributed by atoms with Gasteiger partial charge in [0.25, 0.3) is 0 Å². The van der Waals surface area contributed by atoms with Crippen LogP contribution in [0.15, 0.2) is 54.7 Å². The van der Waals surface area contributed by atoms with Crippen LogP contribution in [-0.2, 0) is 9.53 Å². The second-order valence-corrected chi connectivity index (χ2v) is 5.43. The summed E-state index contributed by atoms with van der Waals surface area (Å²) in [4.78, 5) is 20.0. The molecule has 0 unspecified atom stereocenters. The Kier molecular flexibility index (Phi) is 5.38. The fraction of sp³-hybridized carbons (Fsp3) is 0.100. The molecule has 0 radical (unpaired) electrons. The van der Waals surface area contributed by atoms with Crippen LogP contribution in [0.4, 0.5) is 4.39 Å². The maximum atomic E-state index is 13.3. The highest BCUT2D eigenvalue weighted by atomic mass is 19.1. The minimum Gasteiger partial charge on any atom is -0.466 e. The van der Waals surface area contributed by atoms with Crippen LogP contribution >= 0.6 is 0 Å². The zero-order chi connectivity index (χ0) is 19.2. The van der Waals surface area contributed by atoms with Crippen LogP contribution in [-0.4, -0.2) is 29.7 Å². The SMILES string of the molecule is COC(=O)COc1nc(-c2ccccn2)cc(-c2ccc(F)cc2)c1C#N. The quantitative estimate of drug-likeness (QED) is 0.646. The fourth-order valence-corrected chi connectivity index (χ4v) is 2.42. The van der Waals surface area contributed by atoms with E-state index in [1.165, 1.54) is 19.2 Å². The van der Waals surface area contributed by atoms with Gasteiger partial charge in [0.2, 0.25) is 5.88 Å². The lowest BCUT2D eigenvalue weighted by atomic mass is 10.00. The Bertz CT molecular complexity index is 999. The molecule has 0 bridgehead atoms. The van der Waals surface area contributed by atoms with Crippen molar-refractivity contribution < 1.29 is 18.7 Å². The predicted octanol–water partition coefficient (Wildman–Crippen LogP) is 3.37. The summed E-state index contributed by atoms with van der Waals surface area (Å²) in [5.74, 6) is -1.02. The van der Waals surface area contributed by atoms with Crippen molar-refractivity contribution in [1.29, 1.82) is 5.26 Å². The molecular formula is C20H14FN3O3. The predicted molar refractivity (Wildman–Crippen MR) is 95.1 cm³/mol. The van der Waals surface area contributed by atoms with Gasteiger partial charge in [0, 0.05) is 11.8 Å². The minimum absolute atomic E-state index is 0.0228. The number of nitrogens with zero attached hydrogens (tertiary/aromatic N) is 3. The number of hydrogen-bond acceptors (Lipinski definition) is 6. The Morgan fingerprint density at radius 1 is 1.19 bits per heavy atom. The third-order valence-corrected chi connectivity index (χ3v) is 3.74. The van der Waals surface area contributed by atoms with Crippen molar-refractivity contribution in [2.45, 2.75) is 0 Å². The normalized spacial score (nSPS) is 10.1. The third kappa shape index (κ3) is 4.07. The number of nitriles is 1. The Morgan fingerprint density at radius 3 is 2.59 bits per heavy atom. The number of methoxy groups -OCH3 is 1. The Balaban J connectivity index is 2.16. The molecule has 0 fully saturated rings. The first-order chi connectivity index (χ1) is 13.1. The van der Waals surface area contributed by atoms with E-state index in [0.29, 0.717) is 22.5 Å². The van der Waals surface area contributed by atoms with Crippen LogP contribution in [0.5, 0.6) is 5.88 Å². The topological polar surface area (TPSA) is 85.1 Å². The van der Waals surface area contributed by atoms with Crippen LogP contribution in [0.2, 0.25) is 0 Å². The molecule has 0 amide bonds. The lowest BCUT2D eigenvalue weighted by Crippen LogP contribution is -2.14. The number of halogens is 1. The lowest BCUT2D eigenvalue weighted by Gasteiger charge is -2.12. The second-order valence-electron chi connectivity index (χ2n) is 5.43. The molecule has 3 rings (SSSR count). The number of hydrogen-bond donors (Lipinski definition) is 0. The number of aromatic nitrogens is 2. The van der Waals surface area contributed by atoms with E-state index in [1.807, 2.05) is 6.07 Å². The minimum atomic E-state index is -0.604. The van der Waals surface area contributed by atoms with Gasteiger partial charge in [-0.2, -0.15) is 5.26 Å². The van der Waals surface area contributed by atoms with Crippen LogP contribution in [0.3, 0.4) is 0 Å². The van der Waals surface area contributed by atoms with Crippen LogP contribution in [0, 0.1) is 17.1 Å². The number of carbonyl (C=O) groups excluding carboxylic acids is 1. The van der Waals surface area contributed by atoms with Gasteiger partial charge in [-0.15, -0.1) is 0 Å². The molecular weight excluding hydrogens is 349 g/mol. The van der Waals surface area contributed by atoms with Crippen LogP contribution < -0.4 is 4.74 Å². The molecule has 27 heavy (non-hydrogen) atoms. The van der Waals surface area contributed by atoms with Crippen molar-refractivity contribution in [3.8, 4) is 34.5 Å². The number of carbonyl (C=O) groups is 1. The van der Waals surface area contributed by atoms with Crippen molar-refractivity contribution in [3.05, 3.63) is 66.1 Å². The highest BCUT2D eigenvalue weighted by Gasteiger charge is 2.18. The number of rotatable bonds is 5. The van der Waals surface area contributed by atoms with E-state index in [-0.39, 0.29) is 11.4 Å². The highest BCUT2D eigenvalue weighted by Crippen LogP contribution is 2.33. The molecule has 7 heteroatoms. The van der Waals surface area contributed by atoms with E-state index in [9.17, 15) is 14.4 Å². The van der Waals surface area contributed by atoms with E-state index < -0.39 is 18.4 Å². The summed E-state index contributed by atoms with van der Waals surface area (Å²) in [6.45, 7) is -0.396. The van der Waals surface area contributed by atoms with Gasteiger partial charge >= 0.3 is 5.97 Å². The molecule has 0 aliphatic rings. The Hall–Kier alpha value is -3.79. The molecule has 0 saturated carbocycles. The van der Waals surface area contributed by atoms with Gasteiger partial charge in [-0.1, -0.05) is 18.2 Å². The molecule has 0 saturated heterocycles. The van der Waals surface area contributed by atoms with E-state index >= 15 is 0 Å². The fourth-order valence-electron chi connectivity index (χ4n) is 2.42. The first-order valence-corrected chi connectivity index (χ1v) is 7.94. The van der Waals surface area contributed by atoms with Crippen molar-refractivity contribution in [1.82, 2.24) is 9.97 Å². The third-order valence-electron chi connectivity index (χ3n) is 3.74. The zero-order valence-corrected chi connectivity index (χ0v) is 14.3. The van der Waals surface area contributed by atoms with Gasteiger partial charge in [-0.3, -0.25) is 4.98 Å². The molecule has 0 aliphatic carbocycles. The van der Waals surface area contributed by atoms with Gasteiger partial charge in [-0.05, 0) is 35.9 Å².